The number of rotatable bonds is 1. The van der Waals surface area contributed by atoms with Gasteiger partial charge in [0.1, 0.15) is 34.7 Å². The van der Waals surface area contributed by atoms with Crippen molar-refractivity contribution < 1.29 is 24.9 Å². The van der Waals surface area contributed by atoms with Crippen LogP contribution in [0.2, 0.25) is 0 Å². The zero-order valence-corrected chi connectivity index (χ0v) is 11.3. The average Bonchev–Trinajstić information content (AvgIpc) is 2.39. The molecule has 3 N–H and O–H groups in total. The largest absolute Gasteiger partial charge is 0.508 e. The quantitative estimate of drug-likeness (QED) is 0.750. The number of phenols is 3. The van der Waals surface area contributed by atoms with Gasteiger partial charge in [-0.2, -0.15) is 0 Å². The maximum absolute atomic E-state index is 12.7. The zero-order chi connectivity index (χ0) is 15.1. The van der Waals surface area contributed by atoms with Crippen molar-refractivity contribution in [2.75, 3.05) is 0 Å². The Labute approximate surface area is 121 Å². The van der Waals surface area contributed by atoms with Crippen molar-refractivity contribution in [1.29, 1.82) is 0 Å². The van der Waals surface area contributed by atoms with Crippen molar-refractivity contribution in [1.82, 2.24) is 0 Å². The number of hydrogen-bond donors (Lipinski definition) is 3. The first-order valence-electron chi connectivity index (χ1n) is 6.53. The van der Waals surface area contributed by atoms with E-state index in [0.717, 1.165) is 6.07 Å². The van der Waals surface area contributed by atoms with Gasteiger partial charge in [-0.3, -0.25) is 4.79 Å². The molecular formula is C16H14O5. The molecule has 5 heteroatoms. The SMILES string of the molecule is CC1Oc2cc(O)cc(O)c2C(=O)C1c1ccc(O)cc1. The van der Waals surface area contributed by atoms with Crippen LogP contribution in [0.15, 0.2) is 36.4 Å². The van der Waals surface area contributed by atoms with E-state index in [1.54, 1.807) is 19.1 Å². The summed E-state index contributed by atoms with van der Waals surface area (Å²) in [4.78, 5) is 12.7. The van der Waals surface area contributed by atoms with Crippen molar-refractivity contribution in [3.05, 3.63) is 47.5 Å². The number of fused-ring (bicyclic) bond motifs is 1. The van der Waals surface area contributed by atoms with E-state index < -0.39 is 12.0 Å². The molecule has 108 valence electrons. The smallest absolute Gasteiger partial charge is 0.181 e. The third-order valence-electron chi connectivity index (χ3n) is 3.63. The first-order chi connectivity index (χ1) is 9.97. The van der Waals surface area contributed by atoms with Gasteiger partial charge in [0.2, 0.25) is 0 Å². The summed E-state index contributed by atoms with van der Waals surface area (Å²) in [5.41, 5.74) is 0.771. The number of aromatic hydroxyl groups is 3. The molecule has 0 bridgehead atoms. The lowest BCUT2D eigenvalue weighted by Gasteiger charge is -2.31. The Kier molecular flexibility index (Phi) is 2.97. The highest BCUT2D eigenvalue weighted by Gasteiger charge is 2.37. The van der Waals surface area contributed by atoms with Crippen molar-refractivity contribution in [3.63, 3.8) is 0 Å². The molecule has 0 aliphatic carbocycles. The molecule has 5 nitrogen and oxygen atoms in total. The van der Waals surface area contributed by atoms with Crippen LogP contribution in [0, 0.1) is 0 Å². The van der Waals surface area contributed by atoms with Gasteiger partial charge >= 0.3 is 0 Å². The monoisotopic (exact) mass is 286 g/mol. The molecule has 0 saturated heterocycles. The van der Waals surface area contributed by atoms with Crippen LogP contribution >= 0.6 is 0 Å². The van der Waals surface area contributed by atoms with Crippen molar-refractivity contribution >= 4 is 5.78 Å². The minimum atomic E-state index is -0.575. The van der Waals surface area contributed by atoms with Crippen molar-refractivity contribution in [3.8, 4) is 23.0 Å². The summed E-state index contributed by atoms with van der Waals surface area (Å²) in [5.74, 6) is -1.01. The molecule has 1 aliphatic rings. The third-order valence-corrected chi connectivity index (χ3v) is 3.63. The Balaban J connectivity index is 2.09. The van der Waals surface area contributed by atoms with Crippen molar-refractivity contribution in [2.24, 2.45) is 0 Å². The predicted molar refractivity (Wildman–Crippen MR) is 75.0 cm³/mol. The first-order valence-corrected chi connectivity index (χ1v) is 6.53. The molecule has 2 aromatic carbocycles. The number of hydrogen-bond acceptors (Lipinski definition) is 5. The van der Waals surface area contributed by atoms with Gasteiger partial charge in [0.25, 0.3) is 0 Å². The summed E-state index contributed by atoms with van der Waals surface area (Å²) < 4.78 is 5.66. The average molecular weight is 286 g/mol. The molecule has 1 aliphatic heterocycles. The van der Waals surface area contributed by atoms with Crippen LogP contribution in [0.25, 0.3) is 0 Å². The predicted octanol–water partition coefficient (Wildman–Crippen LogP) is 2.55. The number of Topliss-reactive ketones (excluding diaryl/α,β-unsaturated/α-hetero) is 1. The first kappa shape index (κ1) is 13.3. The number of ketones is 1. The van der Waals surface area contributed by atoms with E-state index in [-0.39, 0.29) is 34.3 Å². The molecule has 21 heavy (non-hydrogen) atoms. The van der Waals surface area contributed by atoms with Crippen LogP contribution in [0.1, 0.15) is 28.8 Å². The normalized spacial score (nSPS) is 20.7. The van der Waals surface area contributed by atoms with Crippen molar-refractivity contribution in [2.45, 2.75) is 18.9 Å². The van der Waals surface area contributed by atoms with Gasteiger partial charge in [0, 0.05) is 12.1 Å². The van der Waals surface area contributed by atoms with Gasteiger partial charge in [-0.25, -0.2) is 0 Å². The summed E-state index contributed by atoms with van der Waals surface area (Å²) in [6.07, 6.45) is -0.448. The van der Waals surface area contributed by atoms with Crippen LogP contribution < -0.4 is 4.74 Å². The van der Waals surface area contributed by atoms with Crippen LogP contribution in [-0.2, 0) is 0 Å². The van der Waals surface area contributed by atoms with E-state index in [1.165, 1.54) is 18.2 Å². The van der Waals surface area contributed by atoms with Crippen LogP contribution in [0.5, 0.6) is 23.0 Å². The zero-order valence-electron chi connectivity index (χ0n) is 11.3. The fraction of sp³-hybridized carbons (Fsp3) is 0.188. The summed E-state index contributed by atoms with van der Waals surface area (Å²) in [6.45, 7) is 1.75. The lowest BCUT2D eigenvalue weighted by Crippen LogP contribution is -2.33. The highest BCUT2D eigenvalue weighted by molar-refractivity contribution is 6.06. The van der Waals surface area contributed by atoms with Gasteiger partial charge in [0.15, 0.2) is 5.78 Å². The lowest BCUT2D eigenvalue weighted by molar-refractivity contribution is 0.0805. The third kappa shape index (κ3) is 2.16. The van der Waals surface area contributed by atoms with Crippen LogP contribution in [0.3, 0.4) is 0 Å². The Morgan fingerprint density at radius 2 is 1.67 bits per heavy atom. The highest BCUT2D eigenvalue weighted by Crippen LogP contribution is 2.42. The van der Waals surface area contributed by atoms with E-state index in [9.17, 15) is 20.1 Å². The van der Waals surface area contributed by atoms with E-state index in [2.05, 4.69) is 0 Å². The maximum Gasteiger partial charge on any atom is 0.181 e. The molecule has 0 radical (unpaired) electrons. The summed E-state index contributed by atoms with van der Waals surface area (Å²) in [5, 5.41) is 28.7. The number of ether oxygens (including phenoxy) is 1. The molecule has 0 spiro atoms. The topological polar surface area (TPSA) is 87.0 Å². The molecule has 1 heterocycles. The molecule has 2 atom stereocenters. The highest BCUT2D eigenvalue weighted by atomic mass is 16.5. The Morgan fingerprint density at radius 3 is 2.33 bits per heavy atom. The minimum Gasteiger partial charge on any atom is -0.508 e. The van der Waals surface area contributed by atoms with Crippen LogP contribution in [-0.4, -0.2) is 27.2 Å². The summed E-state index contributed by atoms with van der Waals surface area (Å²) in [7, 11) is 0. The van der Waals surface area contributed by atoms with E-state index in [1.807, 2.05) is 0 Å². The summed E-state index contributed by atoms with van der Waals surface area (Å²) in [6, 6.07) is 8.74. The molecule has 3 rings (SSSR count). The lowest BCUT2D eigenvalue weighted by atomic mass is 9.84. The van der Waals surface area contributed by atoms with Gasteiger partial charge in [-0.05, 0) is 24.6 Å². The number of carbonyl (C=O) groups is 1. The fourth-order valence-electron chi connectivity index (χ4n) is 2.67. The second kappa shape index (κ2) is 4.70. The second-order valence-electron chi connectivity index (χ2n) is 5.09. The molecular weight excluding hydrogens is 272 g/mol. The van der Waals surface area contributed by atoms with Gasteiger partial charge in [0.05, 0.1) is 5.92 Å². The minimum absolute atomic E-state index is 0.0731. The van der Waals surface area contributed by atoms with E-state index in [0.29, 0.717) is 5.56 Å². The standard InChI is InChI=1S/C16H14O5/c1-8-14(9-2-4-10(17)5-3-9)16(20)15-12(19)6-11(18)7-13(15)21-8/h2-8,14,17-19H,1H3. The Hall–Kier alpha value is -2.69. The number of benzene rings is 2. The fourth-order valence-corrected chi connectivity index (χ4v) is 2.67. The second-order valence-corrected chi connectivity index (χ2v) is 5.09. The summed E-state index contributed by atoms with van der Waals surface area (Å²) >= 11 is 0. The van der Waals surface area contributed by atoms with Gasteiger partial charge in [-0.1, -0.05) is 12.1 Å². The molecule has 0 fully saturated rings. The van der Waals surface area contributed by atoms with Crippen LogP contribution in [0.4, 0.5) is 0 Å². The number of carbonyl (C=O) groups excluding carboxylic acids is 1. The van der Waals surface area contributed by atoms with E-state index >= 15 is 0 Å². The molecule has 2 aromatic rings. The maximum atomic E-state index is 12.7. The Morgan fingerprint density at radius 1 is 1.00 bits per heavy atom. The molecule has 0 amide bonds. The molecule has 0 aromatic heterocycles. The Bertz CT molecular complexity index is 705. The molecule has 0 saturated carbocycles. The van der Waals surface area contributed by atoms with E-state index in [4.69, 9.17) is 4.74 Å². The number of phenolic OH excluding ortho intramolecular Hbond substituents is 3. The van der Waals surface area contributed by atoms with Gasteiger partial charge < -0.3 is 20.1 Å². The van der Waals surface area contributed by atoms with Gasteiger partial charge in [-0.15, -0.1) is 0 Å². The molecule has 2 unspecified atom stereocenters.